The number of hydrogen-bond acceptors (Lipinski definition) is 3. The molecule has 3 heteroatoms. The Bertz CT molecular complexity index is 963. The Kier molecular flexibility index (Phi) is 5.62. The summed E-state index contributed by atoms with van der Waals surface area (Å²) in [6, 6.07) is 32.9. The molecule has 3 nitrogen and oxygen atoms in total. The van der Waals surface area contributed by atoms with Crippen molar-refractivity contribution in [1.29, 1.82) is 0 Å². The molecule has 0 unspecified atom stereocenters. The van der Waals surface area contributed by atoms with Crippen molar-refractivity contribution in [3.63, 3.8) is 0 Å². The summed E-state index contributed by atoms with van der Waals surface area (Å²) in [5, 5.41) is 11.5. The first-order chi connectivity index (χ1) is 14.9. The van der Waals surface area contributed by atoms with Crippen molar-refractivity contribution in [3.8, 4) is 0 Å². The van der Waals surface area contributed by atoms with E-state index in [0.29, 0.717) is 6.04 Å². The molecule has 0 saturated heterocycles. The Balaban J connectivity index is 1.59. The van der Waals surface area contributed by atoms with Crippen LogP contribution in [0.5, 0.6) is 0 Å². The molecular weight excluding hydrogens is 366 g/mol. The van der Waals surface area contributed by atoms with Crippen LogP contribution in [0.25, 0.3) is 0 Å². The first-order valence-corrected chi connectivity index (χ1v) is 11.2. The van der Waals surface area contributed by atoms with Gasteiger partial charge in [0, 0.05) is 6.04 Å². The normalized spacial score (nSPS) is 22.1. The van der Waals surface area contributed by atoms with Gasteiger partial charge in [-0.3, -0.25) is 5.01 Å². The third kappa shape index (κ3) is 3.90. The van der Waals surface area contributed by atoms with E-state index in [1.807, 2.05) is 0 Å². The van der Waals surface area contributed by atoms with Crippen molar-refractivity contribution >= 4 is 11.4 Å². The van der Waals surface area contributed by atoms with Gasteiger partial charge < -0.3 is 5.32 Å². The van der Waals surface area contributed by atoms with E-state index in [4.69, 9.17) is 5.10 Å². The summed E-state index contributed by atoms with van der Waals surface area (Å²) in [5.41, 5.74) is 4.76. The average molecular weight is 396 g/mol. The minimum absolute atomic E-state index is 0.130. The third-order valence-corrected chi connectivity index (χ3v) is 6.34. The second-order valence-electron chi connectivity index (χ2n) is 8.37. The number of benzene rings is 3. The number of rotatable bonds is 5. The SMILES string of the molecule is c1ccc(C2=NN(c3ccccc3)[C@@H](c3ccccc3)[C@@H]2NC2CCCCC2)cc1. The molecule has 1 heterocycles. The Morgan fingerprint density at radius 3 is 1.97 bits per heavy atom. The first-order valence-electron chi connectivity index (χ1n) is 11.2. The molecule has 3 aromatic carbocycles. The molecule has 2 atom stereocenters. The molecule has 3 aromatic rings. The van der Waals surface area contributed by atoms with E-state index >= 15 is 0 Å². The minimum atomic E-state index is 0.130. The molecule has 0 amide bonds. The van der Waals surface area contributed by atoms with Gasteiger partial charge in [0.25, 0.3) is 0 Å². The van der Waals surface area contributed by atoms with E-state index < -0.39 is 0 Å². The summed E-state index contributed by atoms with van der Waals surface area (Å²) in [5.74, 6) is 0. The zero-order valence-corrected chi connectivity index (χ0v) is 17.3. The molecular formula is C27H29N3. The molecule has 2 aliphatic rings. The maximum atomic E-state index is 5.22. The molecule has 0 radical (unpaired) electrons. The quantitative estimate of drug-likeness (QED) is 0.579. The lowest BCUT2D eigenvalue weighted by Gasteiger charge is -2.33. The molecule has 5 rings (SSSR count). The summed E-state index contributed by atoms with van der Waals surface area (Å²) >= 11 is 0. The van der Waals surface area contributed by atoms with E-state index in [1.54, 1.807) is 0 Å². The zero-order chi connectivity index (χ0) is 20.2. The monoisotopic (exact) mass is 395 g/mol. The Hall–Kier alpha value is -2.91. The summed E-state index contributed by atoms with van der Waals surface area (Å²) in [7, 11) is 0. The van der Waals surface area contributed by atoms with Crippen LogP contribution in [-0.2, 0) is 0 Å². The predicted octanol–water partition coefficient (Wildman–Crippen LogP) is 5.94. The molecule has 1 N–H and O–H groups in total. The van der Waals surface area contributed by atoms with Gasteiger partial charge in [0.05, 0.1) is 23.5 Å². The Morgan fingerprint density at radius 2 is 1.30 bits per heavy atom. The van der Waals surface area contributed by atoms with Crippen LogP contribution in [0.15, 0.2) is 96.1 Å². The van der Waals surface area contributed by atoms with Crippen LogP contribution in [0.1, 0.15) is 49.3 Å². The topological polar surface area (TPSA) is 27.6 Å². The van der Waals surface area contributed by atoms with E-state index in [-0.39, 0.29) is 12.1 Å². The highest BCUT2D eigenvalue weighted by molar-refractivity contribution is 6.07. The number of para-hydroxylation sites is 1. The van der Waals surface area contributed by atoms with E-state index in [2.05, 4.69) is 101 Å². The number of hydrogen-bond donors (Lipinski definition) is 1. The zero-order valence-electron chi connectivity index (χ0n) is 17.3. The summed E-state index contributed by atoms with van der Waals surface area (Å²) in [6.45, 7) is 0. The van der Waals surface area contributed by atoms with Crippen molar-refractivity contribution in [2.75, 3.05) is 5.01 Å². The maximum absolute atomic E-state index is 5.22. The third-order valence-electron chi connectivity index (χ3n) is 6.34. The summed E-state index contributed by atoms with van der Waals surface area (Å²) in [6.07, 6.45) is 6.51. The fraction of sp³-hybridized carbons (Fsp3) is 0.296. The molecule has 0 spiro atoms. The highest BCUT2D eigenvalue weighted by Gasteiger charge is 2.40. The molecule has 0 bridgehead atoms. The fourth-order valence-corrected chi connectivity index (χ4v) is 4.85. The molecule has 1 aliphatic carbocycles. The number of hydrazone groups is 1. The lowest BCUT2D eigenvalue weighted by atomic mass is 9.89. The summed E-state index contributed by atoms with van der Waals surface area (Å²) in [4.78, 5) is 0. The number of anilines is 1. The van der Waals surface area contributed by atoms with E-state index in [0.717, 1.165) is 11.4 Å². The van der Waals surface area contributed by atoms with Crippen molar-refractivity contribution in [2.45, 2.75) is 50.2 Å². The predicted molar refractivity (Wildman–Crippen MR) is 125 cm³/mol. The van der Waals surface area contributed by atoms with Gasteiger partial charge >= 0.3 is 0 Å². The van der Waals surface area contributed by atoms with E-state index in [9.17, 15) is 0 Å². The minimum Gasteiger partial charge on any atom is -0.304 e. The second-order valence-corrected chi connectivity index (χ2v) is 8.37. The van der Waals surface area contributed by atoms with Gasteiger partial charge in [-0.25, -0.2) is 0 Å². The second kappa shape index (κ2) is 8.85. The van der Waals surface area contributed by atoms with Crippen LogP contribution in [0.4, 0.5) is 5.69 Å². The highest BCUT2D eigenvalue weighted by atomic mass is 15.5. The molecule has 152 valence electrons. The molecule has 0 aromatic heterocycles. The van der Waals surface area contributed by atoms with Crippen LogP contribution < -0.4 is 10.3 Å². The molecule has 1 saturated carbocycles. The van der Waals surface area contributed by atoms with Crippen LogP contribution in [-0.4, -0.2) is 17.8 Å². The maximum Gasteiger partial charge on any atom is 0.0986 e. The van der Waals surface area contributed by atoms with Crippen LogP contribution in [0.3, 0.4) is 0 Å². The van der Waals surface area contributed by atoms with Gasteiger partial charge in [-0.15, -0.1) is 0 Å². The largest absolute Gasteiger partial charge is 0.304 e. The fourth-order valence-electron chi connectivity index (χ4n) is 4.85. The Morgan fingerprint density at radius 1 is 0.700 bits per heavy atom. The van der Waals surface area contributed by atoms with E-state index in [1.165, 1.54) is 43.2 Å². The standard InChI is InChI=1S/C27H29N3/c1-5-13-21(14-6-1)25-26(28-23-17-9-3-10-18-23)27(22-15-7-2-8-16-22)30(29-25)24-19-11-4-12-20-24/h1-2,4-8,11-16,19-20,23,26-28H,3,9-10,17-18H2/t26-,27+/m1/s1. The smallest absolute Gasteiger partial charge is 0.0986 e. The lowest BCUT2D eigenvalue weighted by molar-refractivity contribution is 0.348. The van der Waals surface area contributed by atoms with Gasteiger partial charge in [-0.2, -0.15) is 5.10 Å². The van der Waals surface area contributed by atoms with Gasteiger partial charge in [-0.05, 0) is 36.1 Å². The first kappa shape index (κ1) is 19.1. The van der Waals surface area contributed by atoms with Crippen LogP contribution >= 0.6 is 0 Å². The summed E-state index contributed by atoms with van der Waals surface area (Å²) < 4.78 is 0. The molecule has 1 aliphatic heterocycles. The Labute approximate surface area is 179 Å². The van der Waals surface area contributed by atoms with Crippen molar-refractivity contribution in [1.82, 2.24) is 5.32 Å². The van der Waals surface area contributed by atoms with Gasteiger partial charge in [0.1, 0.15) is 0 Å². The van der Waals surface area contributed by atoms with Crippen LogP contribution in [0.2, 0.25) is 0 Å². The van der Waals surface area contributed by atoms with Gasteiger partial charge in [0.15, 0.2) is 0 Å². The van der Waals surface area contributed by atoms with Crippen molar-refractivity contribution in [2.24, 2.45) is 5.10 Å². The van der Waals surface area contributed by atoms with Gasteiger partial charge in [0.2, 0.25) is 0 Å². The van der Waals surface area contributed by atoms with Crippen LogP contribution in [0, 0.1) is 0 Å². The molecule has 30 heavy (non-hydrogen) atoms. The van der Waals surface area contributed by atoms with Crippen molar-refractivity contribution in [3.05, 3.63) is 102 Å². The lowest BCUT2D eigenvalue weighted by Crippen LogP contribution is -2.47. The highest BCUT2D eigenvalue weighted by Crippen LogP contribution is 2.37. The molecule has 1 fully saturated rings. The number of nitrogens with zero attached hydrogens (tertiary/aromatic N) is 2. The van der Waals surface area contributed by atoms with Gasteiger partial charge in [-0.1, -0.05) is 98.1 Å². The number of nitrogens with one attached hydrogen (secondary N) is 1. The average Bonchev–Trinajstić information content (AvgIpc) is 3.20. The van der Waals surface area contributed by atoms with Crippen molar-refractivity contribution < 1.29 is 0 Å².